The summed E-state index contributed by atoms with van der Waals surface area (Å²) in [6, 6.07) is 79.7. The molecule has 8 bridgehead atoms. The summed E-state index contributed by atoms with van der Waals surface area (Å²) in [5.74, 6) is 3.38. The molecule has 0 heterocycles. The molecule has 2 nitrogen and oxygen atoms in total. The van der Waals surface area contributed by atoms with Gasteiger partial charge >= 0.3 is 0 Å². The minimum Gasteiger partial charge on any atom is -0.310 e. The molecule has 0 saturated heterocycles. The Balaban J connectivity index is 0.000000148. The molecule has 4 unspecified atom stereocenters. The van der Waals surface area contributed by atoms with Crippen LogP contribution in [0.2, 0.25) is 0 Å². The van der Waals surface area contributed by atoms with Gasteiger partial charge in [0.15, 0.2) is 0 Å². The van der Waals surface area contributed by atoms with Crippen molar-refractivity contribution in [1.82, 2.24) is 0 Å². The Bertz CT molecular complexity index is 3930. The van der Waals surface area contributed by atoms with Gasteiger partial charge in [-0.2, -0.15) is 0 Å². The van der Waals surface area contributed by atoms with Crippen molar-refractivity contribution < 1.29 is 0 Å². The number of rotatable bonds is 18. The fourth-order valence-corrected chi connectivity index (χ4v) is 19.7. The van der Waals surface area contributed by atoms with Crippen LogP contribution in [0.25, 0.3) is 22.9 Å². The second-order valence-electron chi connectivity index (χ2n) is 29.0. The van der Waals surface area contributed by atoms with E-state index < -0.39 is 0 Å². The van der Waals surface area contributed by atoms with Gasteiger partial charge in [-0.05, 0) is 300 Å². The maximum absolute atomic E-state index is 3.99. The Morgan fingerprint density at radius 2 is 0.705 bits per heavy atom. The van der Waals surface area contributed by atoms with E-state index in [4.69, 9.17) is 0 Å². The molecule has 0 amide bonds. The Morgan fingerprint density at radius 1 is 0.364 bits per heavy atom. The van der Waals surface area contributed by atoms with Crippen LogP contribution in [0.1, 0.15) is 172 Å². The molecule has 0 aliphatic heterocycles. The smallest absolute Gasteiger partial charge is 0.0468 e. The third-order valence-corrected chi connectivity index (χ3v) is 23.2. The van der Waals surface area contributed by atoms with Crippen LogP contribution in [0.5, 0.6) is 0 Å². The largest absolute Gasteiger partial charge is 0.310 e. The molecule has 9 aliphatic carbocycles. The topological polar surface area (TPSA) is 6.48 Å². The van der Waals surface area contributed by atoms with Crippen molar-refractivity contribution in [2.24, 2.45) is 23.7 Å². The van der Waals surface area contributed by atoms with Crippen LogP contribution in [0.3, 0.4) is 0 Å². The van der Waals surface area contributed by atoms with Gasteiger partial charge < -0.3 is 9.80 Å². The van der Waals surface area contributed by atoms with E-state index in [-0.39, 0.29) is 5.41 Å². The van der Waals surface area contributed by atoms with E-state index >= 15 is 0 Å². The lowest BCUT2D eigenvalue weighted by molar-refractivity contribution is -0.0282. The fourth-order valence-electron chi connectivity index (χ4n) is 19.7. The van der Waals surface area contributed by atoms with Crippen LogP contribution < -0.4 is 9.80 Å². The van der Waals surface area contributed by atoms with Gasteiger partial charge in [0.25, 0.3) is 0 Å². The van der Waals surface area contributed by atoms with E-state index in [2.05, 4.69) is 243 Å². The number of nitrogens with zero attached hydrogens (tertiary/aromatic N) is 2. The highest BCUT2D eigenvalue weighted by molar-refractivity contribution is 5.89. The molecule has 8 fully saturated rings. The molecule has 0 N–H and O–H groups in total. The summed E-state index contributed by atoms with van der Waals surface area (Å²) in [7, 11) is 0. The van der Waals surface area contributed by atoms with E-state index in [9.17, 15) is 0 Å². The lowest BCUT2D eigenvalue weighted by Gasteiger charge is -2.63. The molecule has 0 aromatic heterocycles. The Morgan fingerprint density at radius 3 is 1.07 bits per heavy atom. The van der Waals surface area contributed by atoms with Gasteiger partial charge in [-0.1, -0.05) is 185 Å². The summed E-state index contributed by atoms with van der Waals surface area (Å²) >= 11 is 0. The molecular formula is C86H90N2. The Kier molecular flexibility index (Phi) is 15.1. The lowest BCUT2D eigenvalue weighted by Crippen LogP contribution is -2.55. The summed E-state index contributed by atoms with van der Waals surface area (Å²) in [5.41, 5.74) is 23.3. The first-order valence-corrected chi connectivity index (χ1v) is 34.2. The highest BCUT2D eigenvalue weighted by Crippen LogP contribution is 2.68. The van der Waals surface area contributed by atoms with Gasteiger partial charge in [-0.25, -0.2) is 0 Å². The summed E-state index contributed by atoms with van der Waals surface area (Å²) in [6.45, 7) is 12.5. The van der Waals surface area contributed by atoms with Gasteiger partial charge in [0, 0.05) is 34.1 Å². The molecule has 9 aromatic carbocycles. The van der Waals surface area contributed by atoms with Crippen LogP contribution >= 0.6 is 0 Å². The zero-order chi connectivity index (χ0) is 59.5. The fraction of sp³-hybridized carbons (Fsp3) is 0.349. The van der Waals surface area contributed by atoms with E-state index in [1.807, 2.05) is 12.2 Å². The number of hydrogen-bond acceptors (Lipinski definition) is 2. The van der Waals surface area contributed by atoms with Crippen molar-refractivity contribution in [3.63, 3.8) is 0 Å². The Hall–Kier alpha value is -7.68. The van der Waals surface area contributed by atoms with E-state index in [0.29, 0.717) is 16.2 Å². The minimum absolute atomic E-state index is 0.286. The minimum atomic E-state index is 0.286. The van der Waals surface area contributed by atoms with Crippen molar-refractivity contribution in [2.45, 2.75) is 164 Å². The molecule has 9 aromatic rings. The number of unbranched alkanes of at least 4 members (excludes halogenated alkanes) is 2. The van der Waals surface area contributed by atoms with Crippen molar-refractivity contribution in [3.05, 3.63) is 275 Å². The maximum atomic E-state index is 3.99. The third kappa shape index (κ3) is 10.6. The monoisotopic (exact) mass is 1150 g/mol. The van der Waals surface area contributed by atoms with Crippen molar-refractivity contribution >= 4 is 57.0 Å². The number of hydrogen-bond donors (Lipinski definition) is 0. The first-order valence-electron chi connectivity index (χ1n) is 34.2. The first kappa shape index (κ1) is 56.8. The molecule has 8 saturated carbocycles. The van der Waals surface area contributed by atoms with Crippen molar-refractivity contribution in [2.75, 3.05) is 9.80 Å². The molecule has 0 spiro atoms. The molecule has 444 valence electrons. The number of benzene rings is 9. The second kappa shape index (κ2) is 23.4. The molecule has 2 heteroatoms. The number of aryl methyl sites for hydroxylation is 4. The highest BCUT2D eigenvalue weighted by atomic mass is 15.1. The zero-order valence-electron chi connectivity index (χ0n) is 52.5. The predicted octanol–water partition coefficient (Wildman–Crippen LogP) is 23.1. The summed E-state index contributed by atoms with van der Waals surface area (Å²) in [5, 5.41) is 2.55. The molecular weight excluding hydrogens is 1060 g/mol. The van der Waals surface area contributed by atoms with E-state index in [1.165, 1.54) is 194 Å². The van der Waals surface area contributed by atoms with E-state index in [0.717, 1.165) is 36.5 Å². The van der Waals surface area contributed by atoms with Gasteiger partial charge in [-0.15, -0.1) is 0 Å². The lowest BCUT2D eigenvalue weighted by atomic mass is 9.41. The van der Waals surface area contributed by atoms with E-state index in [1.54, 1.807) is 22.3 Å². The zero-order valence-corrected chi connectivity index (χ0v) is 52.5. The first-order chi connectivity index (χ1) is 43.1. The predicted molar refractivity (Wildman–Crippen MR) is 374 cm³/mol. The second-order valence-corrected chi connectivity index (χ2v) is 29.0. The number of anilines is 6. The third-order valence-electron chi connectivity index (χ3n) is 23.2. The molecule has 0 radical (unpaired) electrons. The van der Waals surface area contributed by atoms with Gasteiger partial charge in [0.2, 0.25) is 0 Å². The molecule has 4 atom stereocenters. The Labute approximate surface area is 526 Å². The van der Waals surface area contributed by atoms with Crippen molar-refractivity contribution in [1.29, 1.82) is 0 Å². The van der Waals surface area contributed by atoms with Gasteiger partial charge in [0.05, 0.1) is 0 Å². The van der Waals surface area contributed by atoms with Crippen LogP contribution in [0, 0.1) is 23.7 Å². The number of fused-ring (bicyclic) bond motifs is 2. The normalized spacial score (nSPS) is 25.8. The van der Waals surface area contributed by atoms with Crippen LogP contribution in [-0.4, -0.2) is 0 Å². The van der Waals surface area contributed by atoms with Crippen LogP contribution in [-0.2, 0) is 47.3 Å². The maximum Gasteiger partial charge on any atom is 0.0468 e. The average Bonchev–Trinajstić information content (AvgIpc) is 1.79. The van der Waals surface area contributed by atoms with Gasteiger partial charge in [-0.3, -0.25) is 0 Å². The van der Waals surface area contributed by atoms with Gasteiger partial charge in [0.1, 0.15) is 0 Å². The summed E-state index contributed by atoms with van der Waals surface area (Å²) < 4.78 is 0. The molecule has 18 rings (SSSR count). The summed E-state index contributed by atoms with van der Waals surface area (Å²) in [6.07, 6.45) is 30.0. The standard InChI is InChI=1S/C44H45N.C42H45N/c1-3-5-8-33-13-20-40(21-14-33)45(42-22-15-36-9-6-7-10-37(36)26-42)41-23-18-39(19-24-41)44-29-34-25-35(30-44)28-43(27-34,31-44)38-16-11-32(4-2)12-17-38;1-3-5-6-31-9-18-38(19-10-31)43(40-20-13-34-11-12-35(34)24-40)39-21-16-37(17-22-39)42-27-32-23-33(28-42)26-41(25-32,29-42)36-14-7-30(4-2)8-15-36/h4,6-7,9-24,26,34-35H,2-3,5,8,25,27-31H2,1H3;4,7-10,13-22,24,32-33H,2-3,5-6,11-12,23,25-29H2,1H3. The average molecular weight is 1150 g/mol. The summed E-state index contributed by atoms with van der Waals surface area (Å²) in [4.78, 5) is 4.93. The quantitative estimate of drug-likeness (QED) is 0.0845. The van der Waals surface area contributed by atoms with Crippen molar-refractivity contribution in [3.8, 4) is 0 Å². The van der Waals surface area contributed by atoms with Crippen LogP contribution in [0.4, 0.5) is 34.1 Å². The molecule has 9 aliphatic rings. The highest BCUT2D eigenvalue weighted by Gasteiger charge is 2.60. The molecule has 88 heavy (non-hydrogen) atoms. The van der Waals surface area contributed by atoms with Crippen LogP contribution in [0.15, 0.2) is 219 Å². The SMILES string of the molecule is C=Cc1ccc(C23CC4CC(C2)CC(c2ccc(N(c5ccc(CCCC)cc5)c5ccc6c(c5)CC6)cc2)(C4)C3)cc1.C=Cc1ccc(C23CC4CC(C2)CC(c2ccc(N(c5ccc(CCCC)cc5)c5ccc6ccccc6c5)cc2)(C4)C3)cc1.